The summed E-state index contributed by atoms with van der Waals surface area (Å²) in [5.41, 5.74) is 5.49. The van der Waals surface area contributed by atoms with Gasteiger partial charge in [0, 0.05) is 12.6 Å². The Morgan fingerprint density at radius 3 is 2.75 bits per heavy atom. The van der Waals surface area contributed by atoms with Crippen molar-refractivity contribution >= 4 is 0 Å². The SMILES string of the molecule is NC[C@@H]1NC[C@H]2C[C@H]21. The van der Waals surface area contributed by atoms with E-state index in [4.69, 9.17) is 5.73 Å². The van der Waals surface area contributed by atoms with Crippen molar-refractivity contribution in [3.05, 3.63) is 0 Å². The molecule has 0 amide bonds. The van der Waals surface area contributed by atoms with E-state index in [1.165, 1.54) is 13.0 Å². The summed E-state index contributed by atoms with van der Waals surface area (Å²) in [5, 5.41) is 3.38. The van der Waals surface area contributed by atoms with E-state index >= 15 is 0 Å². The molecule has 0 unspecified atom stereocenters. The molecule has 0 spiro atoms. The van der Waals surface area contributed by atoms with E-state index in [-0.39, 0.29) is 0 Å². The largest absolute Gasteiger partial charge is 0.329 e. The fourth-order valence-electron chi connectivity index (χ4n) is 1.71. The molecule has 0 radical (unpaired) electrons. The molecule has 2 rings (SSSR count). The van der Waals surface area contributed by atoms with Gasteiger partial charge in [-0.1, -0.05) is 0 Å². The van der Waals surface area contributed by atoms with Crippen molar-refractivity contribution in [3.63, 3.8) is 0 Å². The van der Waals surface area contributed by atoms with Gasteiger partial charge < -0.3 is 11.1 Å². The maximum absolute atomic E-state index is 5.49. The van der Waals surface area contributed by atoms with Crippen molar-refractivity contribution in [1.29, 1.82) is 0 Å². The lowest BCUT2D eigenvalue weighted by Crippen LogP contribution is -2.33. The van der Waals surface area contributed by atoms with E-state index in [1.54, 1.807) is 0 Å². The molecule has 1 saturated carbocycles. The Morgan fingerprint density at radius 1 is 1.62 bits per heavy atom. The number of hydrogen-bond donors (Lipinski definition) is 2. The number of rotatable bonds is 1. The summed E-state index contributed by atoms with van der Waals surface area (Å²) in [6, 6.07) is 0.667. The van der Waals surface area contributed by atoms with Gasteiger partial charge in [-0.25, -0.2) is 0 Å². The Balaban J connectivity index is 1.97. The van der Waals surface area contributed by atoms with E-state index in [9.17, 15) is 0 Å². The Hall–Kier alpha value is -0.0800. The van der Waals surface area contributed by atoms with E-state index in [2.05, 4.69) is 5.32 Å². The molecule has 46 valence electrons. The highest BCUT2D eigenvalue weighted by atomic mass is 15.0. The van der Waals surface area contributed by atoms with Crippen molar-refractivity contribution in [2.45, 2.75) is 12.5 Å². The lowest BCUT2D eigenvalue weighted by atomic mass is 10.2. The highest BCUT2D eigenvalue weighted by Gasteiger charge is 2.46. The van der Waals surface area contributed by atoms with Gasteiger partial charge >= 0.3 is 0 Å². The summed E-state index contributed by atoms with van der Waals surface area (Å²) in [6.07, 6.45) is 1.44. The van der Waals surface area contributed by atoms with Gasteiger partial charge in [-0.2, -0.15) is 0 Å². The first-order chi connectivity index (χ1) is 3.92. The molecular formula is C6H12N2. The molecule has 1 aliphatic heterocycles. The second kappa shape index (κ2) is 1.45. The van der Waals surface area contributed by atoms with Crippen LogP contribution >= 0.6 is 0 Å². The van der Waals surface area contributed by atoms with Crippen LogP contribution in [0, 0.1) is 11.8 Å². The zero-order chi connectivity index (χ0) is 5.56. The summed E-state index contributed by atoms with van der Waals surface area (Å²) in [6.45, 7) is 2.06. The summed E-state index contributed by atoms with van der Waals surface area (Å²) in [5.74, 6) is 1.96. The number of piperidine rings is 1. The number of fused-ring (bicyclic) bond motifs is 1. The standard InChI is InChI=1S/C6H12N2/c7-2-6-5-1-4(5)3-8-6/h4-6,8H,1-3,7H2/t4-,5-,6+/m1/s1. The van der Waals surface area contributed by atoms with E-state index in [1.807, 2.05) is 0 Å². The zero-order valence-electron chi connectivity index (χ0n) is 4.93. The molecule has 2 nitrogen and oxygen atoms in total. The minimum atomic E-state index is 0.667. The Bertz CT molecular complexity index is 103. The molecule has 0 bridgehead atoms. The van der Waals surface area contributed by atoms with Crippen LogP contribution in [-0.2, 0) is 0 Å². The van der Waals surface area contributed by atoms with Crippen LogP contribution in [-0.4, -0.2) is 19.1 Å². The van der Waals surface area contributed by atoms with Crippen molar-refractivity contribution in [2.75, 3.05) is 13.1 Å². The van der Waals surface area contributed by atoms with E-state index < -0.39 is 0 Å². The monoisotopic (exact) mass is 112 g/mol. The van der Waals surface area contributed by atoms with Gasteiger partial charge in [0.1, 0.15) is 0 Å². The normalized spacial score (nSPS) is 51.4. The van der Waals surface area contributed by atoms with Crippen molar-refractivity contribution in [1.82, 2.24) is 5.32 Å². The van der Waals surface area contributed by atoms with E-state index in [0.29, 0.717) is 6.04 Å². The van der Waals surface area contributed by atoms with Crippen LogP contribution in [0.3, 0.4) is 0 Å². The topological polar surface area (TPSA) is 38.0 Å². The molecule has 3 N–H and O–H groups in total. The van der Waals surface area contributed by atoms with Crippen LogP contribution in [0.1, 0.15) is 6.42 Å². The minimum Gasteiger partial charge on any atom is -0.329 e. The maximum Gasteiger partial charge on any atom is 0.0221 e. The van der Waals surface area contributed by atoms with Gasteiger partial charge in [0.25, 0.3) is 0 Å². The summed E-state index contributed by atoms with van der Waals surface area (Å²) in [4.78, 5) is 0. The third kappa shape index (κ3) is 0.501. The Kier molecular flexibility index (Phi) is 0.866. The lowest BCUT2D eigenvalue weighted by molar-refractivity contribution is 0.543. The molecule has 0 aromatic heterocycles. The molecule has 1 aliphatic carbocycles. The second-order valence-electron chi connectivity index (χ2n) is 2.91. The van der Waals surface area contributed by atoms with Crippen LogP contribution in [0.15, 0.2) is 0 Å². The van der Waals surface area contributed by atoms with Gasteiger partial charge in [0.2, 0.25) is 0 Å². The Labute approximate surface area is 49.4 Å². The first kappa shape index (κ1) is 4.77. The quantitative estimate of drug-likeness (QED) is 0.482. The van der Waals surface area contributed by atoms with Gasteiger partial charge in [-0.15, -0.1) is 0 Å². The first-order valence-electron chi connectivity index (χ1n) is 3.35. The number of nitrogens with two attached hydrogens (primary N) is 1. The molecule has 1 saturated heterocycles. The van der Waals surface area contributed by atoms with Crippen LogP contribution in [0.25, 0.3) is 0 Å². The zero-order valence-corrected chi connectivity index (χ0v) is 4.93. The summed E-state index contributed by atoms with van der Waals surface area (Å²) < 4.78 is 0. The predicted octanol–water partition coefficient (Wildman–Crippen LogP) is -0.447. The van der Waals surface area contributed by atoms with Crippen LogP contribution in [0.2, 0.25) is 0 Å². The molecule has 2 aliphatic rings. The van der Waals surface area contributed by atoms with E-state index in [0.717, 1.165) is 18.4 Å². The predicted molar refractivity (Wildman–Crippen MR) is 32.4 cm³/mol. The van der Waals surface area contributed by atoms with Gasteiger partial charge in [0.15, 0.2) is 0 Å². The molecule has 2 heteroatoms. The second-order valence-corrected chi connectivity index (χ2v) is 2.91. The van der Waals surface area contributed by atoms with Crippen molar-refractivity contribution < 1.29 is 0 Å². The average molecular weight is 112 g/mol. The third-order valence-electron chi connectivity index (χ3n) is 2.39. The average Bonchev–Trinajstić information content (AvgIpc) is 2.46. The number of nitrogens with one attached hydrogen (secondary N) is 1. The van der Waals surface area contributed by atoms with Crippen LogP contribution < -0.4 is 11.1 Å². The van der Waals surface area contributed by atoms with Gasteiger partial charge in [-0.3, -0.25) is 0 Å². The fourth-order valence-corrected chi connectivity index (χ4v) is 1.71. The molecular weight excluding hydrogens is 100 g/mol. The van der Waals surface area contributed by atoms with Crippen molar-refractivity contribution in [2.24, 2.45) is 17.6 Å². The molecule has 1 heterocycles. The summed E-state index contributed by atoms with van der Waals surface area (Å²) >= 11 is 0. The molecule has 0 aromatic rings. The van der Waals surface area contributed by atoms with Gasteiger partial charge in [-0.05, 0) is 24.8 Å². The highest BCUT2D eigenvalue weighted by molar-refractivity contribution is 5.02. The van der Waals surface area contributed by atoms with Gasteiger partial charge in [0.05, 0.1) is 0 Å². The smallest absolute Gasteiger partial charge is 0.0221 e. The summed E-state index contributed by atoms with van der Waals surface area (Å²) in [7, 11) is 0. The minimum absolute atomic E-state index is 0.667. The van der Waals surface area contributed by atoms with Crippen molar-refractivity contribution in [3.8, 4) is 0 Å². The third-order valence-corrected chi connectivity index (χ3v) is 2.39. The number of hydrogen-bond acceptors (Lipinski definition) is 2. The highest BCUT2D eigenvalue weighted by Crippen LogP contribution is 2.44. The first-order valence-corrected chi connectivity index (χ1v) is 3.35. The molecule has 8 heavy (non-hydrogen) atoms. The fraction of sp³-hybridized carbons (Fsp3) is 1.00. The lowest BCUT2D eigenvalue weighted by Gasteiger charge is -2.07. The molecule has 0 aromatic carbocycles. The Morgan fingerprint density at radius 2 is 2.50 bits per heavy atom. The molecule has 3 atom stereocenters. The maximum atomic E-state index is 5.49. The molecule has 2 fully saturated rings. The van der Waals surface area contributed by atoms with Crippen LogP contribution in [0.4, 0.5) is 0 Å². The van der Waals surface area contributed by atoms with Crippen LogP contribution in [0.5, 0.6) is 0 Å².